The fraction of sp³-hybridized carbons (Fsp3) is 0.440. The Labute approximate surface area is 195 Å². The second kappa shape index (κ2) is 10.1. The molecule has 4 rings (SSSR count). The summed E-state index contributed by atoms with van der Waals surface area (Å²) < 4.78 is 58.4. The van der Waals surface area contributed by atoms with Gasteiger partial charge in [0.2, 0.25) is 0 Å². The van der Waals surface area contributed by atoms with Gasteiger partial charge in [0.25, 0.3) is 11.8 Å². The maximum Gasteiger partial charge on any atom is 0.416 e. The van der Waals surface area contributed by atoms with Gasteiger partial charge in [-0.15, -0.1) is 0 Å². The third-order valence-electron chi connectivity index (χ3n) is 6.38. The Hall–Kier alpha value is -2.94. The van der Waals surface area contributed by atoms with Gasteiger partial charge in [-0.2, -0.15) is 13.2 Å². The number of amides is 2. The van der Waals surface area contributed by atoms with Gasteiger partial charge in [-0.25, -0.2) is 4.39 Å². The van der Waals surface area contributed by atoms with Gasteiger partial charge in [0, 0.05) is 36.8 Å². The zero-order chi connectivity index (χ0) is 24.3. The monoisotopic (exact) mass is 478 g/mol. The average molecular weight is 478 g/mol. The van der Waals surface area contributed by atoms with Crippen LogP contribution in [0.5, 0.6) is 0 Å². The summed E-state index contributed by atoms with van der Waals surface area (Å²) in [5.74, 6) is -1.16. The first-order chi connectivity index (χ1) is 16.2. The Morgan fingerprint density at radius 2 is 1.74 bits per heavy atom. The van der Waals surface area contributed by atoms with Gasteiger partial charge in [0.05, 0.1) is 18.3 Å². The van der Waals surface area contributed by atoms with E-state index in [0.29, 0.717) is 5.56 Å². The molecule has 2 aromatic rings. The van der Waals surface area contributed by atoms with Crippen molar-refractivity contribution in [1.82, 2.24) is 9.80 Å². The van der Waals surface area contributed by atoms with Crippen LogP contribution >= 0.6 is 0 Å². The number of carbonyl (C=O) groups excluding carboxylic acids is 2. The van der Waals surface area contributed by atoms with Gasteiger partial charge in [0.1, 0.15) is 5.82 Å². The fourth-order valence-electron chi connectivity index (χ4n) is 4.62. The molecule has 1 aliphatic carbocycles. The van der Waals surface area contributed by atoms with E-state index in [1.165, 1.54) is 41.3 Å². The number of morpholine rings is 1. The van der Waals surface area contributed by atoms with Crippen LogP contribution in [-0.4, -0.2) is 60.0 Å². The van der Waals surface area contributed by atoms with Crippen molar-refractivity contribution in [2.75, 3.05) is 26.2 Å². The van der Waals surface area contributed by atoms with E-state index in [2.05, 4.69) is 0 Å². The number of nitrogens with zero attached hydrogens (tertiary/aromatic N) is 2. The summed E-state index contributed by atoms with van der Waals surface area (Å²) >= 11 is 0. The Kier molecular flexibility index (Phi) is 7.21. The van der Waals surface area contributed by atoms with Crippen molar-refractivity contribution in [3.05, 3.63) is 71.0 Å². The van der Waals surface area contributed by atoms with E-state index in [1.54, 1.807) is 4.90 Å². The number of benzene rings is 2. The first-order valence-electron chi connectivity index (χ1n) is 11.4. The standard InChI is InChI=1S/C25H26F4N2O3/c26-20-10-8-17(9-11-20)24(33)31(21-6-1-2-7-21)16-22-15-30(12-13-34-22)23(32)18-4-3-5-19(14-18)25(27,28)29/h3-5,8-11,14,21-22H,1-2,6-7,12-13,15-16H2. The minimum atomic E-state index is -4.54. The lowest BCUT2D eigenvalue weighted by molar-refractivity contribution is -0.137. The molecular weight excluding hydrogens is 452 g/mol. The molecule has 34 heavy (non-hydrogen) atoms. The van der Waals surface area contributed by atoms with Crippen molar-refractivity contribution < 1.29 is 31.9 Å². The summed E-state index contributed by atoms with van der Waals surface area (Å²) in [4.78, 5) is 29.4. The number of carbonyl (C=O) groups is 2. The SMILES string of the molecule is O=C(c1cccc(C(F)(F)F)c1)N1CCOC(CN(C(=O)c2ccc(F)cc2)C2CCCC2)C1. The molecular formula is C25H26F4N2O3. The van der Waals surface area contributed by atoms with Crippen LogP contribution in [0.3, 0.4) is 0 Å². The minimum Gasteiger partial charge on any atom is -0.373 e. The van der Waals surface area contributed by atoms with Crippen LogP contribution in [-0.2, 0) is 10.9 Å². The quantitative estimate of drug-likeness (QED) is 0.582. The van der Waals surface area contributed by atoms with Gasteiger partial charge in [-0.3, -0.25) is 9.59 Å². The van der Waals surface area contributed by atoms with Crippen LogP contribution < -0.4 is 0 Å². The van der Waals surface area contributed by atoms with E-state index in [1.807, 2.05) is 0 Å². The molecule has 5 nitrogen and oxygen atoms in total. The predicted octanol–water partition coefficient (Wildman–Crippen LogP) is 4.77. The summed E-state index contributed by atoms with van der Waals surface area (Å²) in [7, 11) is 0. The van der Waals surface area contributed by atoms with E-state index in [-0.39, 0.29) is 43.8 Å². The van der Waals surface area contributed by atoms with Crippen LogP contribution in [0.2, 0.25) is 0 Å². The summed E-state index contributed by atoms with van der Waals surface area (Å²) in [6.07, 6.45) is -1.30. The Bertz CT molecular complexity index is 1020. The van der Waals surface area contributed by atoms with E-state index < -0.39 is 29.6 Å². The van der Waals surface area contributed by atoms with Gasteiger partial charge in [-0.05, 0) is 55.3 Å². The lowest BCUT2D eigenvalue weighted by atomic mass is 10.1. The molecule has 1 saturated heterocycles. The topological polar surface area (TPSA) is 49.9 Å². The minimum absolute atomic E-state index is 0.0238. The first kappa shape index (κ1) is 24.2. The number of hydrogen-bond acceptors (Lipinski definition) is 3. The lowest BCUT2D eigenvalue weighted by Gasteiger charge is -2.38. The maximum atomic E-state index is 13.3. The maximum absolute atomic E-state index is 13.3. The number of alkyl halides is 3. The Morgan fingerprint density at radius 3 is 2.41 bits per heavy atom. The smallest absolute Gasteiger partial charge is 0.373 e. The number of hydrogen-bond donors (Lipinski definition) is 0. The normalized spacial score (nSPS) is 19.3. The second-order valence-electron chi connectivity index (χ2n) is 8.73. The molecule has 2 fully saturated rings. The van der Waals surface area contributed by atoms with Crippen molar-refractivity contribution in [1.29, 1.82) is 0 Å². The molecule has 0 spiro atoms. The summed E-state index contributed by atoms with van der Waals surface area (Å²) in [6, 6.07) is 9.78. The third-order valence-corrected chi connectivity index (χ3v) is 6.38. The highest BCUT2D eigenvalue weighted by Gasteiger charge is 2.34. The summed E-state index contributed by atoms with van der Waals surface area (Å²) in [5, 5.41) is 0. The molecule has 1 atom stereocenters. The predicted molar refractivity (Wildman–Crippen MR) is 117 cm³/mol. The molecule has 0 N–H and O–H groups in total. The van der Waals surface area contributed by atoms with Crippen LogP contribution in [0.25, 0.3) is 0 Å². The van der Waals surface area contributed by atoms with Crippen molar-refractivity contribution in [2.24, 2.45) is 0 Å². The van der Waals surface area contributed by atoms with Gasteiger partial charge < -0.3 is 14.5 Å². The zero-order valence-electron chi connectivity index (χ0n) is 18.6. The molecule has 0 radical (unpaired) electrons. The molecule has 1 unspecified atom stereocenters. The van der Waals surface area contributed by atoms with E-state index >= 15 is 0 Å². The lowest BCUT2D eigenvalue weighted by Crippen LogP contribution is -2.52. The largest absolute Gasteiger partial charge is 0.416 e. The van der Waals surface area contributed by atoms with E-state index in [0.717, 1.165) is 37.8 Å². The van der Waals surface area contributed by atoms with Gasteiger partial charge in [0.15, 0.2) is 0 Å². The van der Waals surface area contributed by atoms with Crippen LogP contribution in [0, 0.1) is 5.82 Å². The summed E-state index contributed by atoms with van der Waals surface area (Å²) in [6.45, 7) is 0.877. The molecule has 0 aromatic heterocycles. The van der Waals surface area contributed by atoms with Crippen LogP contribution in [0.15, 0.2) is 48.5 Å². The van der Waals surface area contributed by atoms with Crippen LogP contribution in [0.1, 0.15) is 52.0 Å². The molecule has 2 aromatic carbocycles. The molecule has 1 aliphatic heterocycles. The highest BCUT2D eigenvalue weighted by atomic mass is 19.4. The zero-order valence-corrected chi connectivity index (χ0v) is 18.6. The van der Waals surface area contributed by atoms with Gasteiger partial charge in [-0.1, -0.05) is 18.9 Å². The van der Waals surface area contributed by atoms with Crippen LogP contribution in [0.4, 0.5) is 17.6 Å². The molecule has 1 heterocycles. The van der Waals surface area contributed by atoms with Crippen molar-refractivity contribution >= 4 is 11.8 Å². The van der Waals surface area contributed by atoms with E-state index in [9.17, 15) is 27.2 Å². The number of ether oxygens (including phenoxy) is 1. The average Bonchev–Trinajstić information content (AvgIpc) is 3.36. The Morgan fingerprint density at radius 1 is 1.03 bits per heavy atom. The number of rotatable bonds is 5. The van der Waals surface area contributed by atoms with Gasteiger partial charge >= 0.3 is 6.18 Å². The molecule has 2 amide bonds. The summed E-state index contributed by atoms with van der Waals surface area (Å²) in [5.41, 5.74) is -0.535. The second-order valence-corrected chi connectivity index (χ2v) is 8.73. The highest BCUT2D eigenvalue weighted by molar-refractivity contribution is 5.95. The van der Waals surface area contributed by atoms with Crippen molar-refractivity contribution in [3.8, 4) is 0 Å². The first-order valence-corrected chi connectivity index (χ1v) is 11.4. The molecule has 9 heteroatoms. The molecule has 0 bridgehead atoms. The molecule has 182 valence electrons. The van der Waals surface area contributed by atoms with Crippen molar-refractivity contribution in [2.45, 2.75) is 44.0 Å². The molecule has 1 saturated carbocycles. The highest BCUT2D eigenvalue weighted by Crippen LogP contribution is 2.30. The fourth-order valence-corrected chi connectivity index (χ4v) is 4.62. The van der Waals surface area contributed by atoms with Crippen molar-refractivity contribution in [3.63, 3.8) is 0 Å². The number of halogens is 4. The third kappa shape index (κ3) is 5.58. The van der Waals surface area contributed by atoms with E-state index in [4.69, 9.17) is 4.74 Å². The Balaban J connectivity index is 1.48. The molecule has 2 aliphatic rings.